The Labute approximate surface area is 94.6 Å². The molecule has 0 saturated heterocycles. The Morgan fingerprint density at radius 1 is 1.56 bits per heavy atom. The molecule has 1 N–H and O–H groups in total. The van der Waals surface area contributed by atoms with Crippen LogP contribution in [0.3, 0.4) is 0 Å². The fraction of sp³-hybridized carbons (Fsp3) is 0.500. The summed E-state index contributed by atoms with van der Waals surface area (Å²) in [6.07, 6.45) is 0. The van der Waals surface area contributed by atoms with Gasteiger partial charge in [0, 0.05) is 0 Å². The van der Waals surface area contributed by atoms with Gasteiger partial charge in [0.2, 0.25) is 0 Å². The Kier molecular flexibility index (Phi) is 6.99. The van der Waals surface area contributed by atoms with Gasteiger partial charge >= 0.3 is 51.4 Å². The first kappa shape index (κ1) is 12.8. The van der Waals surface area contributed by atoms with Crippen LogP contribution in [0, 0.1) is 0 Å². The third kappa shape index (κ3) is 5.61. The standard InChI is InChI=1S/C2H4O5S.K/c3-1-2(4)8(5,6)7;/h3H,1H2,(H,5,6,7);/q;+1/p-1. The van der Waals surface area contributed by atoms with E-state index in [0.717, 1.165) is 0 Å². The Bertz CT molecular complexity index is 181. The minimum atomic E-state index is -4.89. The molecule has 0 aromatic heterocycles. The van der Waals surface area contributed by atoms with Gasteiger partial charge < -0.3 is 9.66 Å². The molecule has 0 amide bonds. The summed E-state index contributed by atoms with van der Waals surface area (Å²) in [4.78, 5) is 9.68. The number of carbonyl (C=O) groups is 1. The quantitative estimate of drug-likeness (QED) is 0.320. The molecule has 0 spiro atoms. The van der Waals surface area contributed by atoms with Crippen molar-refractivity contribution in [1.29, 1.82) is 0 Å². The molecule has 48 valence electrons. The Balaban J connectivity index is 0. The van der Waals surface area contributed by atoms with Crippen LogP contribution in [0.2, 0.25) is 0 Å². The third-order valence-electron chi connectivity index (χ3n) is 0.408. The van der Waals surface area contributed by atoms with Crippen molar-refractivity contribution in [1.82, 2.24) is 0 Å². The number of carbonyl (C=O) groups excluding carboxylic acids is 1. The molecule has 0 saturated carbocycles. The minimum absolute atomic E-state index is 0. The Hall–Kier alpha value is 1.18. The monoisotopic (exact) mass is 178 g/mol. The molecule has 5 nitrogen and oxygen atoms in total. The number of hydrogen-bond acceptors (Lipinski definition) is 5. The number of aliphatic hydroxyl groups excluding tert-OH is 1. The fourth-order valence-electron chi connectivity index (χ4n) is 0.0791. The van der Waals surface area contributed by atoms with Crippen molar-refractivity contribution < 1.29 is 74.3 Å². The first-order valence-corrected chi connectivity index (χ1v) is 2.99. The summed E-state index contributed by atoms with van der Waals surface area (Å²) in [5, 5.41) is 6.04. The molecule has 0 aliphatic carbocycles. The van der Waals surface area contributed by atoms with Gasteiger partial charge in [-0.25, -0.2) is 8.42 Å². The normalized spacial score (nSPS) is 10.0. The van der Waals surface area contributed by atoms with E-state index in [9.17, 15) is 17.8 Å². The van der Waals surface area contributed by atoms with Crippen LogP contribution >= 0.6 is 0 Å². The van der Waals surface area contributed by atoms with Crippen molar-refractivity contribution in [3.63, 3.8) is 0 Å². The molecule has 7 heteroatoms. The maximum absolute atomic E-state index is 9.68. The molecule has 0 aromatic carbocycles. The maximum Gasteiger partial charge on any atom is 1.00 e. The van der Waals surface area contributed by atoms with E-state index in [-0.39, 0.29) is 51.4 Å². The molecule has 0 bridgehead atoms. The smallest absolute Gasteiger partial charge is 0.742 e. The topological polar surface area (TPSA) is 94.5 Å². The molecule has 0 heterocycles. The summed E-state index contributed by atoms with van der Waals surface area (Å²) in [6, 6.07) is 0. The molecular formula is C2H3KO5S. The average Bonchev–Trinajstić information content (AvgIpc) is 1.62. The van der Waals surface area contributed by atoms with Crippen LogP contribution in [0.5, 0.6) is 0 Å². The molecule has 0 fully saturated rings. The van der Waals surface area contributed by atoms with Gasteiger partial charge in [-0.15, -0.1) is 0 Å². The van der Waals surface area contributed by atoms with Gasteiger partial charge in [-0.2, -0.15) is 0 Å². The second-order valence-electron chi connectivity index (χ2n) is 0.984. The number of rotatable bonds is 1. The van der Waals surface area contributed by atoms with Crippen molar-refractivity contribution in [2.75, 3.05) is 6.61 Å². The van der Waals surface area contributed by atoms with E-state index in [2.05, 4.69) is 0 Å². The predicted octanol–water partition coefficient (Wildman–Crippen LogP) is -4.95. The second-order valence-corrected chi connectivity index (χ2v) is 2.35. The molecule has 0 aliphatic rings. The maximum atomic E-state index is 9.68. The number of hydrogen-bond donors (Lipinski definition) is 1. The zero-order chi connectivity index (χ0) is 6.78. The van der Waals surface area contributed by atoms with E-state index in [1.54, 1.807) is 0 Å². The van der Waals surface area contributed by atoms with Gasteiger partial charge in [0.25, 0.3) is 5.12 Å². The molecule has 0 rings (SSSR count). The van der Waals surface area contributed by atoms with Crippen LogP contribution in [0.4, 0.5) is 0 Å². The van der Waals surface area contributed by atoms with E-state index in [0.29, 0.717) is 0 Å². The summed E-state index contributed by atoms with van der Waals surface area (Å²) < 4.78 is 28.5. The summed E-state index contributed by atoms with van der Waals surface area (Å²) in [5.74, 6) is 0. The SMILES string of the molecule is O=C(CO)S(=O)(=O)[O-].[K+]. The van der Waals surface area contributed by atoms with Gasteiger partial charge in [0.1, 0.15) is 6.61 Å². The Morgan fingerprint density at radius 2 is 1.89 bits per heavy atom. The summed E-state index contributed by atoms with van der Waals surface area (Å²) in [7, 11) is -4.89. The van der Waals surface area contributed by atoms with Crippen LogP contribution in [-0.2, 0) is 14.9 Å². The van der Waals surface area contributed by atoms with E-state index in [1.165, 1.54) is 0 Å². The van der Waals surface area contributed by atoms with Crippen LogP contribution in [0.15, 0.2) is 0 Å². The van der Waals surface area contributed by atoms with Gasteiger partial charge in [-0.05, 0) is 0 Å². The molecule has 0 unspecified atom stereocenters. The molecule has 9 heavy (non-hydrogen) atoms. The zero-order valence-corrected chi connectivity index (χ0v) is 8.64. The minimum Gasteiger partial charge on any atom is -0.742 e. The molecule has 0 aromatic rings. The van der Waals surface area contributed by atoms with Gasteiger partial charge in [-0.3, -0.25) is 4.79 Å². The van der Waals surface area contributed by atoms with E-state index >= 15 is 0 Å². The van der Waals surface area contributed by atoms with Gasteiger partial charge in [-0.1, -0.05) is 0 Å². The third-order valence-corrected chi connectivity index (χ3v) is 1.09. The number of aliphatic hydroxyl groups is 1. The van der Waals surface area contributed by atoms with Crippen molar-refractivity contribution in [3.8, 4) is 0 Å². The van der Waals surface area contributed by atoms with E-state index in [4.69, 9.17) is 5.11 Å². The Morgan fingerprint density at radius 3 is 1.89 bits per heavy atom. The van der Waals surface area contributed by atoms with Crippen LogP contribution in [0.25, 0.3) is 0 Å². The summed E-state index contributed by atoms with van der Waals surface area (Å²) in [5.41, 5.74) is 0. The van der Waals surface area contributed by atoms with E-state index < -0.39 is 21.8 Å². The molecular weight excluding hydrogens is 175 g/mol. The van der Waals surface area contributed by atoms with Crippen molar-refractivity contribution in [2.45, 2.75) is 0 Å². The van der Waals surface area contributed by atoms with Crippen molar-refractivity contribution in [3.05, 3.63) is 0 Å². The average molecular weight is 178 g/mol. The largest absolute Gasteiger partial charge is 1.00 e. The molecule has 0 radical (unpaired) electrons. The van der Waals surface area contributed by atoms with Crippen molar-refractivity contribution in [2.24, 2.45) is 0 Å². The van der Waals surface area contributed by atoms with Gasteiger partial charge in [0.05, 0.1) is 0 Å². The summed E-state index contributed by atoms with van der Waals surface area (Å²) >= 11 is 0. The van der Waals surface area contributed by atoms with Gasteiger partial charge in [0.15, 0.2) is 10.1 Å². The predicted molar refractivity (Wildman–Crippen MR) is 21.8 cm³/mol. The zero-order valence-electron chi connectivity index (χ0n) is 4.70. The van der Waals surface area contributed by atoms with Crippen LogP contribution in [0.1, 0.15) is 0 Å². The van der Waals surface area contributed by atoms with E-state index in [1.807, 2.05) is 0 Å². The fourth-order valence-corrected chi connectivity index (χ4v) is 0.237. The second kappa shape index (κ2) is 4.91. The first-order chi connectivity index (χ1) is 3.48. The first-order valence-electron chi connectivity index (χ1n) is 1.58. The molecule has 0 aliphatic heterocycles. The van der Waals surface area contributed by atoms with Crippen molar-refractivity contribution >= 4 is 15.2 Å². The summed E-state index contributed by atoms with van der Waals surface area (Å²) in [6.45, 7) is -1.24. The molecule has 0 atom stereocenters. The van der Waals surface area contributed by atoms with Crippen LogP contribution < -0.4 is 51.4 Å². The van der Waals surface area contributed by atoms with Crippen LogP contribution in [-0.4, -0.2) is 29.8 Å².